The molecule has 0 bridgehead atoms. The molecule has 0 aliphatic heterocycles. The summed E-state index contributed by atoms with van der Waals surface area (Å²) in [5.74, 6) is -0.559. The van der Waals surface area contributed by atoms with Crippen molar-refractivity contribution in [2.75, 3.05) is 4.72 Å². The third kappa shape index (κ3) is 3.02. The number of nitrogens with zero attached hydrogens (tertiary/aromatic N) is 2. The molecule has 8 heteroatoms. The molecule has 0 fully saturated rings. The molecule has 0 saturated carbocycles. The summed E-state index contributed by atoms with van der Waals surface area (Å²) in [5.41, 5.74) is 0. The van der Waals surface area contributed by atoms with E-state index in [9.17, 15) is 12.8 Å². The van der Waals surface area contributed by atoms with E-state index in [1.165, 1.54) is 12.4 Å². The van der Waals surface area contributed by atoms with E-state index in [0.717, 1.165) is 24.3 Å². The molecule has 0 aliphatic carbocycles. The SMILES string of the molecule is O=S(=O)(Nc1ncc(Br)cn1)c1ccc(F)cc1. The van der Waals surface area contributed by atoms with Crippen molar-refractivity contribution in [3.8, 4) is 0 Å². The Morgan fingerprint density at radius 1 is 1.11 bits per heavy atom. The van der Waals surface area contributed by atoms with E-state index in [2.05, 4.69) is 30.6 Å². The Kier molecular flexibility index (Phi) is 3.58. The maximum absolute atomic E-state index is 12.7. The summed E-state index contributed by atoms with van der Waals surface area (Å²) in [4.78, 5) is 7.51. The second-order valence-corrected chi connectivity index (χ2v) is 5.88. The van der Waals surface area contributed by atoms with E-state index in [1.54, 1.807) is 0 Å². The van der Waals surface area contributed by atoms with Gasteiger partial charge in [0.15, 0.2) is 0 Å². The highest BCUT2D eigenvalue weighted by molar-refractivity contribution is 9.10. The highest BCUT2D eigenvalue weighted by atomic mass is 79.9. The van der Waals surface area contributed by atoms with Gasteiger partial charge in [-0.2, -0.15) is 0 Å². The van der Waals surface area contributed by atoms with Crippen LogP contribution in [0, 0.1) is 5.82 Å². The van der Waals surface area contributed by atoms with E-state index in [0.29, 0.717) is 4.47 Å². The monoisotopic (exact) mass is 331 g/mol. The third-order valence-corrected chi connectivity index (χ3v) is 3.72. The molecule has 1 aromatic heterocycles. The molecule has 0 unspecified atom stereocenters. The van der Waals surface area contributed by atoms with E-state index < -0.39 is 15.8 Å². The van der Waals surface area contributed by atoms with Gasteiger partial charge in [0.05, 0.1) is 9.37 Å². The number of hydrogen-bond donors (Lipinski definition) is 1. The lowest BCUT2D eigenvalue weighted by atomic mass is 10.4. The van der Waals surface area contributed by atoms with Gasteiger partial charge in [0.2, 0.25) is 5.95 Å². The third-order valence-electron chi connectivity index (χ3n) is 1.97. The number of sulfonamides is 1. The first kappa shape index (κ1) is 12.9. The predicted molar refractivity (Wildman–Crippen MR) is 66.9 cm³/mol. The van der Waals surface area contributed by atoms with Crippen molar-refractivity contribution in [1.82, 2.24) is 9.97 Å². The molecular weight excluding hydrogens is 325 g/mol. The van der Waals surface area contributed by atoms with Gasteiger partial charge in [0, 0.05) is 12.4 Å². The van der Waals surface area contributed by atoms with Crippen molar-refractivity contribution >= 4 is 31.9 Å². The number of benzene rings is 1. The van der Waals surface area contributed by atoms with Crippen LogP contribution in [0.5, 0.6) is 0 Å². The van der Waals surface area contributed by atoms with Gasteiger partial charge >= 0.3 is 0 Å². The number of nitrogens with one attached hydrogen (secondary N) is 1. The number of halogens is 2. The molecule has 94 valence electrons. The van der Waals surface area contributed by atoms with Crippen molar-refractivity contribution in [2.24, 2.45) is 0 Å². The summed E-state index contributed by atoms with van der Waals surface area (Å²) in [6, 6.07) is 4.46. The lowest BCUT2D eigenvalue weighted by molar-refractivity contribution is 0.599. The van der Waals surface area contributed by atoms with Crippen molar-refractivity contribution in [3.63, 3.8) is 0 Å². The van der Waals surface area contributed by atoms with Crippen LogP contribution in [0.3, 0.4) is 0 Å². The second-order valence-electron chi connectivity index (χ2n) is 3.28. The van der Waals surface area contributed by atoms with E-state index in [1.807, 2.05) is 0 Å². The van der Waals surface area contributed by atoms with Crippen molar-refractivity contribution in [1.29, 1.82) is 0 Å². The van der Waals surface area contributed by atoms with Gasteiger partial charge in [-0.3, -0.25) is 0 Å². The van der Waals surface area contributed by atoms with Crippen LogP contribution in [-0.2, 0) is 10.0 Å². The summed E-state index contributed by atoms with van der Waals surface area (Å²) in [6.07, 6.45) is 2.82. The zero-order valence-corrected chi connectivity index (χ0v) is 11.2. The van der Waals surface area contributed by atoms with Gasteiger partial charge in [-0.1, -0.05) is 0 Å². The van der Waals surface area contributed by atoms with E-state index >= 15 is 0 Å². The van der Waals surface area contributed by atoms with E-state index in [-0.39, 0.29) is 10.8 Å². The minimum atomic E-state index is -3.80. The van der Waals surface area contributed by atoms with Crippen LogP contribution in [0.1, 0.15) is 0 Å². The molecule has 18 heavy (non-hydrogen) atoms. The first-order chi connectivity index (χ1) is 8.47. The Morgan fingerprint density at radius 3 is 2.22 bits per heavy atom. The molecule has 0 saturated heterocycles. The van der Waals surface area contributed by atoms with Crippen LogP contribution in [0.4, 0.5) is 10.3 Å². The Bertz CT molecular complexity index is 644. The normalized spacial score (nSPS) is 11.2. The number of hydrogen-bond acceptors (Lipinski definition) is 4. The Balaban J connectivity index is 2.27. The maximum atomic E-state index is 12.7. The lowest BCUT2D eigenvalue weighted by Crippen LogP contribution is -2.14. The smallest absolute Gasteiger partial charge is 0.247 e. The van der Waals surface area contributed by atoms with Crippen molar-refractivity contribution in [3.05, 3.63) is 46.9 Å². The molecular formula is C10H7BrFN3O2S. The predicted octanol–water partition coefficient (Wildman–Crippen LogP) is 2.18. The molecule has 0 radical (unpaired) electrons. The minimum Gasteiger partial charge on any atom is -0.247 e. The summed E-state index contributed by atoms with van der Waals surface area (Å²) in [6.45, 7) is 0. The van der Waals surface area contributed by atoms with Gasteiger partial charge in [-0.15, -0.1) is 0 Å². The molecule has 0 spiro atoms. The molecule has 1 aromatic carbocycles. The summed E-state index contributed by atoms with van der Waals surface area (Å²) in [7, 11) is -3.80. The van der Waals surface area contributed by atoms with Crippen LogP contribution in [0.2, 0.25) is 0 Å². The quantitative estimate of drug-likeness (QED) is 0.935. The van der Waals surface area contributed by atoms with Crippen LogP contribution < -0.4 is 4.72 Å². The minimum absolute atomic E-state index is 0.0532. The number of aromatic nitrogens is 2. The summed E-state index contributed by atoms with van der Waals surface area (Å²) in [5, 5.41) is 0. The standard InChI is InChI=1S/C10H7BrFN3O2S/c11-7-5-13-10(14-6-7)15-18(16,17)9-3-1-8(12)2-4-9/h1-6H,(H,13,14,15). The van der Waals surface area contributed by atoms with E-state index in [4.69, 9.17) is 0 Å². The van der Waals surface area contributed by atoms with Gasteiger partial charge in [0.1, 0.15) is 5.82 Å². The van der Waals surface area contributed by atoms with Crippen LogP contribution in [-0.4, -0.2) is 18.4 Å². The Morgan fingerprint density at radius 2 is 1.67 bits per heavy atom. The second kappa shape index (κ2) is 4.99. The molecule has 5 nitrogen and oxygen atoms in total. The topological polar surface area (TPSA) is 72.0 Å². The highest BCUT2D eigenvalue weighted by Gasteiger charge is 2.15. The van der Waals surface area contributed by atoms with Crippen LogP contribution >= 0.6 is 15.9 Å². The number of anilines is 1. The zero-order chi connectivity index (χ0) is 13.2. The summed E-state index contributed by atoms with van der Waals surface area (Å²) < 4.78 is 39.3. The van der Waals surface area contributed by atoms with Gasteiger partial charge in [-0.25, -0.2) is 27.5 Å². The highest BCUT2D eigenvalue weighted by Crippen LogP contribution is 2.14. The average Bonchev–Trinajstić information content (AvgIpc) is 2.32. The molecule has 2 rings (SSSR count). The van der Waals surface area contributed by atoms with Gasteiger partial charge < -0.3 is 0 Å². The maximum Gasteiger partial charge on any atom is 0.264 e. The fourth-order valence-corrected chi connectivity index (χ4v) is 2.32. The largest absolute Gasteiger partial charge is 0.264 e. The molecule has 2 aromatic rings. The van der Waals surface area contributed by atoms with Crippen LogP contribution in [0.15, 0.2) is 46.0 Å². The Hall–Kier alpha value is -1.54. The van der Waals surface area contributed by atoms with Gasteiger partial charge in [-0.05, 0) is 40.2 Å². The Labute approximate surface area is 111 Å². The molecule has 0 amide bonds. The average molecular weight is 332 g/mol. The molecule has 0 atom stereocenters. The fourth-order valence-electron chi connectivity index (χ4n) is 1.16. The van der Waals surface area contributed by atoms with Crippen molar-refractivity contribution in [2.45, 2.75) is 4.90 Å². The first-order valence-electron chi connectivity index (χ1n) is 4.73. The van der Waals surface area contributed by atoms with Gasteiger partial charge in [0.25, 0.3) is 10.0 Å². The molecule has 1 N–H and O–H groups in total. The fraction of sp³-hybridized carbons (Fsp3) is 0. The summed E-state index contributed by atoms with van der Waals surface area (Å²) >= 11 is 3.13. The van der Waals surface area contributed by atoms with Crippen molar-refractivity contribution < 1.29 is 12.8 Å². The zero-order valence-electron chi connectivity index (χ0n) is 8.84. The first-order valence-corrected chi connectivity index (χ1v) is 7.01. The van der Waals surface area contributed by atoms with Crippen LogP contribution in [0.25, 0.3) is 0 Å². The molecule has 1 heterocycles. The lowest BCUT2D eigenvalue weighted by Gasteiger charge is -2.06. The number of rotatable bonds is 3. The molecule has 0 aliphatic rings.